The molecule has 0 bridgehead atoms. The number of unbranched alkanes of at least 4 members (excludes halogenated alkanes) is 8. The normalized spacial score (nSPS) is 12.7. The fraction of sp³-hybridized carbons (Fsp3) is 0.739. The van der Waals surface area contributed by atoms with Gasteiger partial charge in [0.25, 0.3) is 0 Å². The van der Waals surface area contributed by atoms with Crippen molar-refractivity contribution >= 4 is 0 Å². The lowest BCUT2D eigenvalue weighted by atomic mass is 9.98. The Morgan fingerprint density at radius 3 is 1.79 bits per heavy atom. The van der Waals surface area contributed by atoms with E-state index in [-0.39, 0.29) is 0 Å². The van der Waals surface area contributed by atoms with Crippen LogP contribution >= 0.6 is 0 Å². The number of rotatable bonds is 15. The van der Waals surface area contributed by atoms with Crippen LogP contribution in [0.25, 0.3) is 0 Å². The van der Waals surface area contributed by atoms with Crippen LogP contribution in [0, 0.1) is 0 Å². The van der Waals surface area contributed by atoms with E-state index in [1.807, 2.05) is 0 Å². The number of hydrogen-bond donors (Lipinski definition) is 0. The molecule has 0 spiro atoms. The summed E-state index contributed by atoms with van der Waals surface area (Å²) in [5, 5.41) is 0. The molecular formula is C23H41N. The van der Waals surface area contributed by atoms with Gasteiger partial charge in [-0.05, 0) is 31.5 Å². The molecule has 0 aromatic heterocycles. The molecule has 0 N–H and O–H groups in total. The largest absolute Gasteiger partial charge is 0.301 e. The summed E-state index contributed by atoms with van der Waals surface area (Å²) in [5.41, 5.74) is 1.49. The average molecular weight is 332 g/mol. The van der Waals surface area contributed by atoms with Gasteiger partial charge in [-0.3, -0.25) is 0 Å². The second-order valence-corrected chi connectivity index (χ2v) is 7.18. The molecule has 1 aromatic carbocycles. The van der Waals surface area contributed by atoms with Gasteiger partial charge in [0.1, 0.15) is 0 Å². The van der Waals surface area contributed by atoms with Crippen LogP contribution in [-0.4, -0.2) is 24.0 Å². The summed E-state index contributed by atoms with van der Waals surface area (Å²) >= 11 is 0. The molecule has 0 saturated carbocycles. The third-order valence-electron chi connectivity index (χ3n) is 5.28. The second-order valence-electron chi connectivity index (χ2n) is 7.18. The molecule has 1 atom stereocenters. The zero-order valence-corrected chi connectivity index (χ0v) is 16.6. The highest BCUT2D eigenvalue weighted by molar-refractivity contribution is 5.15. The SMILES string of the molecule is CCCCCCCCCCCC(Cc1ccccc1)N(CC)CC. The highest BCUT2D eigenvalue weighted by Gasteiger charge is 2.15. The third kappa shape index (κ3) is 9.47. The molecule has 0 aliphatic rings. The Morgan fingerprint density at radius 1 is 0.708 bits per heavy atom. The van der Waals surface area contributed by atoms with Crippen LogP contribution in [0.1, 0.15) is 90.5 Å². The van der Waals surface area contributed by atoms with Gasteiger partial charge in [0.05, 0.1) is 0 Å². The van der Waals surface area contributed by atoms with Crippen LogP contribution in [0.5, 0.6) is 0 Å². The van der Waals surface area contributed by atoms with Crippen molar-refractivity contribution in [2.24, 2.45) is 0 Å². The van der Waals surface area contributed by atoms with Crippen LogP contribution in [-0.2, 0) is 6.42 Å². The lowest BCUT2D eigenvalue weighted by Gasteiger charge is -2.30. The van der Waals surface area contributed by atoms with Crippen molar-refractivity contribution in [1.82, 2.24) is 4.90 Å². The number of hydrogen-bond acceptors (Lipinski definition) is 1. The third-order valence-corrected chi connectivity index (χ3v) is 5.28. The van der Waals surface area contributed by atoms with E-state index in [1.54, 1.807) is 0 Å². The van der Waals surface area contributed by atoms with Crippen LogP contribution in [0.2, 0.25) is 0 Å². The topological polar surface area (TPSA) is 3.24 Å². The maximum absolute atomic E-state index is 2.65. The fourth-order valence-corrected chi connectivity index (χ4v) is 3.73. The summed E-state index contributed by atoms with van der Waals surface area (Å²) in [6.45, 7) is 9.24. The van der Waals surface area contributed by atoms with E-state index in [0.29, 0.717) is 6.04 Å². The summed E-state index contributed by atoms with van der Waals surface area (Å²) in [6.07, 6.45) is 15.4. The lowest BCUT2D eigenvalue weighted by Crippen LogP contribution is -2.36. The molecule has 0 saturated heterocycles. The van der Waals surface area contributed by atoms with Crippen molar-refractivity contribution in [3.63, 3.8) is 0 Å². The van der Waals surface area contributed by atoms with Gasteiger partial charge in [0.2, 0.25) is 0 Å². The Hall–Kier alpha value is -0.820. The van der Waals surface area contributed by atoms with Gasteiger partial charge in [-0.1, -0.05) is 109 Å². The van der Waals surface area contributed by atoms with Crippen molar-refractivity contribution in [2.45, 2.75) is 97.4 Å². The molecule has 0 amide bonds. The standard InChI is InChI=1S/C23H41N/c1-4-7-8-9-10-11-12-13-17-20-23(24(5-2)6-3)21-22-18-15-14-16-19-22/h14-16,18-19,23H,4-13,17,20-21H2,1-3H3. The molecule has 0 heterocycles. The first-order valence-corrected chi connectivity index (χ1v) is 10.6. The van der Waals surface area contributed by atoms with Gasteiger partial charge in [0.15, 0.2) is 0 Å². The lowest BCUT2D eigenvalue weighted by molar-refractivity contribution is 0.200. The highest BCUT2D eigenvalue weighted by atomic mass is 15.1. The Labute approximate surface area is 151 Å². The van der Waals surface area contributed by atoms with Crippen molar-refractivity contribution in [3.8, 4) is 0 Å². The molecule has 0 aliphatic heterocycles. The predicted octanol–water partition coefficient (Wildman–Crippen LogP) is 6.86. The van der Waals surface area contributed by atoms with E-state index >= 15 is 0 Å². The maximum atomic E-state index is 2.65. The van der Waals surface area contributed by atoms with E-state index in [0.717, 1.165) is 0 Å². The number of likely N-dealkylation sites (N-methyl/N-ethyl adjacent to an activating group) is 1. The summed E-state index contributed by atoms with van der Waals surface area (Å²) in [6, 6.07) is 11.8. The Bertz CT molecular complexity index is 369. The minimum Gasteiger partial charge on any atom is -0.301 e. The van der Waals surface area contributed by atoms with Crippen LogP contribution < -0.4 is 0 Å². The van der Waals surface area contributed by atoms with E-state index in [4.69, 9.17) is 0 Å². The summed E-state index contributed by atoms with van der Waals surface area (Å²) < 4.78 is 0. The molecule has 24 heavy (non-hydrogen) atoms. The van der Waals surface area contributed by atoms with Crippen LogP contribution in [0.4, 0.5) is 0 Å². The van der Waals surface area contributed by atoms with Gasteiger partial charge in [0, 0.05) is 6.04 Å². The molecule has 1 rings (SSSR count). The van der Waals surface area contributed by atoms with Crippen molar-refractivity contribution in [2.75, 3.05) is 13.1 Å². The summed E-state index contributed by atoms with van der Waals surface area (Å²) in [5.74, 6) is 0. The van der Waals surface area contributed by atoms with Gasteiger partial charge in [-0.25, -0.2) is 0 Å². The molecule has 0 radical (unpaired) electrons. The van der Waals surface area contributed by atoms with E-state index < -0.39 is 0 Å². The first-order chi connectivity index (χ1) is 11.8. The van der Waals surface area contributed by atoms with Crippen LogP contribution in [0.15, 0.2) is 30.3 Å². The summed E-state index contributed by atoms with van der Waals surface area (Å²) in [7, 11) is 0. The van der Waals surface area contributed by atoms with Gasteiger partial charge in [-0.15, -0.1) is 0 Å². The molecule has 0 fully saturated rings. The molecular weight excluding hydrogens is 290 g/mol. The molecule has 138 valence electrons. The Kier molecular flexibility index (Phi) is 12.8. The Balaban J connectivity index is 2.25. The van der Waals surface area contributed by atoms with Gasteiger partial charge in [-0.2, -0.15) is 0 Å². The Morgan fingerprint density at radius 2 is 1.25 bits per heavy atom. The van der Waals surface area contributed by atoms with E-state index in [2.05, 4.69) is 56.0 Å². The minimum atomic E-state index is 0.715. The zero-order chi connectivity index (χ0) is 17.5. The quantitative estimate of drug-likeness (QED) is 0.317. The molecule has 0 aliphatic carbocycles. The second kappa shape index (κ2) is 14.5. The number of benzene rings is 1. The smallest absolute Gasteiger partial charge is 0.0135 e. The van der Waals surface area contributed by atoms with E-state index in [1.165, 1.54) is 89.3 Å². The number of nitrogens with zero attached hydrogens (tertiary/aromatic N) is 1. The molecule has 1 nitrogen and oxygen atoms in total. The fourth-order valence-electron chi connectivity index (χ4n) is 3.73. The first kappa shape index (κ1) is 21.2. The minimum absolute atomic E-state index is 0.715. The van der Waals surface area contributed by atoms with Crippen molar-refractivity contribution in [3.05, 3.63) is 35.9 Å². The molecule has 1 heteroatoms. The zero-order valence-electron chi connectivity index (χ0n) is 16.6. The van der Waals surface area contributed by atoms with E-state index in [9.17, 15) is 0 Å². The maximum Gasteiger partial charge on any atom is 0.0135 e. The highest BCUT2D eigenvalue weighted by Crippen LogP contribution is 2.17. The van der Waals surface area contributed by atoms with Crippen LogP contribution in [0.3, 0.4) is 0 Å². The average Bonchev–Trinajstić information content (AvgIpc) is 2.62. The molecule has 1 unspecified atom stereocenters. The molecule has 1 aromatic rings. The monoisotopic (exact) mass is 331 g/mol. The predicted molar refractivity (Wildman–Crippen MR) is 109 cm³/mol. The van der Waals surface area contributed by atoms with Gasteiger partial charge < -0.3 is 4.90 Å². The first-order valence-electron chi connectivity index (χ1n) is 10.6. The summed E-state index contributed by atoms with van der Waals surface area (Å²) in [4.78, 5) is 2.65. The van der Waals surface area contributed by atoms with Gasteiger partial charge >= 0.3 is 0 Å². The van der Waals surface area contributed by atoms with Crippen molar-refractivity contribution < 1.29 is 0 Å². The van der Waals surface area contributed by atoms with Crippen molar-refractivity contribution in [1.29, 1.82) is 0 Å².